The second-order valence-corrected chi connectivity index (χ2v) is 3.95. The third kappa shape index (κ3) is 4.72. The Morgan fingerprint density at radius 3 is 2.46 bits per heavy atom. The van der Waals surface area contributed by atoms with Gasteiger partial charge in [-0.05, 0) is 30.7 Å². The molecule has 71 valence electrons. The molecule has 0 aliphatic carbocycles. The van der Waals surface area contributed by atoms with Crippen LogP contribution in [0.25, 0.3) is 0 Å². The minimum Gasteiger partial charge on any atom is -0.0628 e. The highest BCUT2D eigenvalue weighted by atomic mass is 14.0. The lowest BCUT2D eigenvalue weighted by molar-refractivity contribution is 0.578. The van der Waals surface area contributed by atoms with E-state index >= 15 is 0 Å². The Kier molecular flexibility index (Phi) is 4.59. The van der Waals surface area contributed by atoms with Gasteiger partial charge in [0.05, 0.1) is 0 Å². The third-order valence-corrected chi connectivity index (χ3v) is 2.17. The molecule has 1 aromatic carbocycles. The molecule has 0 fully saturated rings. The summed E-state index contributed by atoms with van der Waals surface area (Å²) in [6.07, 6.45) is 6.06. The molecule has 0 aliphatic heterocycles. The average molecular weight is 175 g/mol. The summed E-state index contributed by atoms with van der Waals surface area (Å²) in [4.78, 5) is 0. The van der Waals surface area contributed by atoms with Crippen molar-refractivity contribution in [3.63, 3.8) is 0 Å². The third-order valence-electron chi connectivity index (χ3n) is 2.17. The number of rotatable bonds is 5. The van der Waals surface area contributed by atoms with Gasteiger partial charge in [-0.2, -0.15) is 0 Å². The largest absolute Gasteiger partial charge is 0.0628 e. The number of hydrogen-bond acceptors (Lipinski definition) is 0. The summed E-state index contributed by atoms with van der Waals surface area (Å²) in [6.45, 7) is 4.55. The van der Waals surface area contributed by atoms with Crippen LogP contribution >= 0.6 is 0 Å². The van der Waals surface area contributed by atoms with Crippen molar-refractivity contribution in [1.82, 2.24) is 0 Å². The minimum atomic E-state index is 0.826. The molecule has 0 spiro atoms. The van der Waals surface area contributed by atoms with Crippen molar-refractivity contribution in [1.29, 1.82) is 0 Å². The van der Waals surface area contributed by atoms with Crippen molar-refractivity contribution in [2.45, 2.75) is 33.1 Å². The molecule has 0 saturated heterocycles. The summed E-state index contributed by atoms with van der Waals surface area (Å²) in [5.74, 6) is 0.826. The van der Waals surface area contributed by atoms with Crippen LogP contribution in [0.5, 0.6) is 0 Å². The second kappa shape index (κ2) is 5.80. The van der Waals surface area contributed by atoms with E-state index < -0.39 is 0 Å². The van der Waals surface area contributed by atoms with Crippen molar-refractivity contribution < 1.29 is 0 Å². The summed E-state index contributed by atoms with van der Waals surface area (Å²) in [6, 6.07) is 10.6. The summed E-state index contributed by atoms with van der Waals surface area (Å²) in [7, 11) is 0. The van der Waals surface area contributed by atoms with Crippen LogP contribution in [-0.4, -0.2) is 0 Å². The highest BCUT2D eigenvalue weighted by Crippen LogP contribution is 2.09. The number of benzene rings is 1. The molecule has 0 bridgehead atoms. The van der Waals surface area contributed by atoms with Crippen LogP contribution in [0.4, 0.5) is 0 Å². The van der Waals surface area contributed by atoms with Crippen molar-refractivity contribution in [2.75, 3.05) is 0 Å². The monoisotopic (exact) mass is 175 g/mol. The molecule has 0 amide bonds. The van der Waals surface area contributed by atoms with Gasteiger partial charge >= 0.3 is 0 Å². The molecule has 0 aromatic heterocycles. The number of hydrogen-bond donors (Lipinski definition) is 0. The fraction of sp³-hybridized carbons (Fsp3) is 0.462. The van der Waals surface area contributed by atoms with E-state index in [0.29, 0.717) is 0 Å². The normalized spacial score (nSPS) is 10.7. The first-order valence-electron chi connectivity index (χ1n) is 5.14. The zero-order valence-corrected chi connectivity index (χ0v) is 8.66. The summed E-state index contributed by atoms with van der Waals surface area (Å²) in [5, 5.41) is 0. The van der Waals surface area contributed by atoms with Gasteiger partial charge < -0.3 is 0 Å². The highest BCUT2D eigenvalue weighted by molar-refractivity contribution is 5.16. The van der Waals surface area contributed by atoms with E-state index in [9.17, 15) is 0 Å². The van der Waals surface area contributed by atoms with Gasteiger partial charge in [0.15, 0.2) is 0 Å². The standard InChI is InChI=1S/C13H19/c1-12(2)8-6-7-11-13-9-4-3-5-10-13/h3-5,7,9-10,12H,6,8,11H2,1-2H3. The molecule has 0 unspecified atom stereocenters. The van der Waals surface area contributed by atoms with Crippen LogP contribution in [0, 0.1) is 12.3 Å². The van der Waals surface area contributed by atoms with E-state index in [1.165, 1.54) is 18.4 Å². The molecular formula is C13H19. The van der Waals surface area contributed by atoms with E-state index in [-0.39, 0.29) is 0 Å². The van der Waals surface area contributed by atoms with Gasteiger partial charge in [-0.1, -0.05) is 50.6 Å². The van der Waals surface area contributed by atoms with Crippen LogP contribution < -0.4 is 0 Å². The Morgan fingerprint density at radius 2 is 1.85 bits per heavy atom. The zero-order chi connectivity index (χ0) is 9.52. The Hall–Kier alpha value is -0.780. The zero-order valence-electron chi connectivity index (χ0n) is 8.66. The fourth-order valence-corrected chi connectivity index (χ4v) is 1.33. The van der Waals surface area contributed by atoms with Gasteiger partial charge in [0.1, 0.15) is 0 Å². The Balaban J connectivity index is 2.13. The topological polar surface area (TPSA) is 0 Å². The number of unbranched alkanes of at least 4 members (excludes halogenated alkanes) is 1. The van der Waals surface area contributed by atoms with Crippen molar-refractivity contribution in [2.24, 2.45) is 5.92 Å². The molecule has 0 atom stereocenters. The van der Waals surface area contributed by atoms with E-state index in [1.54, 1.807) is 0 Å². The summed E-state index contributed by atoms with van der Waals surface area (Å²) < 4.78 is 0. The van der Waals surface area contributed by atoms with Crippen LogP contribution in [0.3, 0.4) is 0 Å². The minimum absolute atomic E-state index is 0.826. The Morgan fingerprint density at radius 1 is 1.15 bits per heavy atom. The molecule has 13 heavy (non-hydrogen) atoms. The van der Waals surface area contributed by atoms with Gasteiger partial charge in [0.25, 0.3) is 0 Å². The van der Waals surface area contributed by atoms with Crippen molar-refractivity contribution in [3.05, 3.63) is 42.3 Å². The maximum Gasteiger partial charge on any atom is -0.0248 e. The molecule has 0 heteroatoms. The van der Waals surface area contributed by atoms with Gasteiger partial charge in [-0.15, -0.1) is 0 Å². The van der Waals surface area contributed by atoms with Crippen LogP contribution in [0.1, 0.15) is 32.3 Å². The van der Waals surface area contributed by atoms with Gasteiger partial charge in [-0.3, -0.25) is 0 Å². The SMILES string of the molecule is CC(C)CC[CH]Cc1ccccc1. The van der Waals surface area contributed by atoms with Crippen LogP contribution in [0.15, 0.2) is 30.3 Å². The molecule has 1 radical (unpaired) electrons. The quantitative estimate of drug-likeness (QED) is 0.596. The molecule has 1 rings (SSSR count). The fourth-order valence-electron chi connectivity index (χ4n) is 1.33. The predicted molar refractivity (Wildman–Crippen MR) is 58.5 cm³/mol. The van der Waals surface area contributed by atoms with Crippen molar-refractivity contribution >= 4 is 0 Å². The predicted octanol–water partition coefficient (Wildman–Crippen LogP) is 3.87. The smallest absolute Gasteiger partial charge is 0.0248 e. The van der Waals surface area contributed by atoms with Gasteiger partial charge in [0, 0.05) is 0 Å². The molecular weight excluding hydrogens is 156 g/mol. The highest BCUT2D eigenvalue weighted by Gasteiger charge is 1.95. The summed E-state index contributed by atoms with van der Waals surface area (Å²) >= 11 is 0. The maximum absolute atomic E-state index is 2.38. The molecule has 1 aromatic rings. The van der Waals surface area contributed by atoms with Crippen LogP contribution in [-0.2, 0) is 6.42 Å². The molecule has 0 aliphatic rings. The molecule has 0 saturated carbocycles. The van der Waals surface area contributed by atoms with Crippen molar-refractivity contribution in [3.8, 4) is 0 Å². The first-order valence-corrected chi connectivity index (χ1v) is 5.14. The Bertz CT molecular complexity index is 211. The lowest BCUT2D eigenvalue weighted by atomic mass is 10.0. The Labute approximate surface area is 82.0 Å². The van der Waals surface area contributed by atoms with Crippen LogP contribution in [0.2, 0.25) is 0 Å². The van der Waals surface area contributed by atoms with Gasteiger partial charge in [0.2, 0.25) is 0 Å². The van der Waals surface area contributed by atoms with E-state index in [2.05, 4.69) is 50.6 Å². The van der Waals surface area contributed by atoms with E-state index in [0.717, 1.165) is 12.3 Å². The summed E-state index contributed by atoms with van der Waals surface area (Å²) in [5.41, 5.74) is 1.42. The first-order chi connectivity index (χ1) is 6.29. The lowest BCUT2D eigenvalue weighted by Crippen LogP contribution is -1.90. The lowest BCUT2D eigenvalue weighted by Gasteiger charge is -2.03. The van der Waals surface area contributed by atoms with E-state index in [1.807, 2.05) is 0 Å². The maximum atomic E-state index is 2.38. The average Bonchev–Trinajstić information content (AvgIpc) is 2.14. The van der Waals surface area contributed by atoms with E-state index in [4.69, 9.17) is 0 Å². The molecule has 0 N–H and O–H groups in total. The second-order valence-electron chi connectivity index (χ2n) is 3.95. The molecule has 0 heterocycles. The molecule has 0 nitrogen and oxygen atoms in total. The first kappa shape index (κ1) is 10.3. The van der Waals surface area contributed by atoms with Gasteiger partial charge in [-0.25, -0.2) is 0 Å².